The number of esters is 1. The molecule has 1 aromatic rings. The Kier molecular flexibility index (Phi) is 5.48. The second-order valence-electron chi connectivity index (χ2n) is 4.10. The molecule has 4 N–H and O–H groups in total. The number of rotatable bonds is 6. The Morgan fingerprint density at radius 3 is 2.45 bits per heavy atom. The second-order valence-corrected chi connectivity index (χ2v) is 4.10. The summed E-state index contributed by atoms with van der Waals surface area (Å²) in [6.07, 6.45) is -3.26. The van der Waals surface area contributed by atoms with Crippen LogP contribution in [0.1, 0.15) is 35.4 Å². The average Bonchev–Trinajstić information content (AvgIpc) is 2.37. The largest absolute Gasteiger partial charge is 0.507 e. The molecule has 0 fully saturated rings. The molecular weight excluding hydrogens is 268 g/mol. The number of hydrogen-bond donors (Lipinski definition) is 4. The third kappa shape index (κ3) is 3.94. The Bertz CT molecular complexity index is 497. The summed E-state index contributed by atoms with van der Waals surface area (Å²) in [7, 11) is 0. The molecule has 0 spiro atoms. The number of aliphatic hydroxyl groups excluding tert-OH is 2. The van der Waals surface area contributed by atoms with Crippen LogP contribution in [-0.4, -0.2) is 45.1 Å². The standard InChI is InChI=1S/C13H16O7/c1-2-20-11(16)6-10(15)12(17)7-3-4-8(13(18)19)9(14)5-7/h3-5,10,12,14-15,17H,2,6H2,1H3,(H,18,19). The summed E-state index contributed by atoms with van der Waals surface area (Å²) in [5.74, 6) is -2.50. The van der Waals surface area contributed by atoms with Gasteiger partial charge in [0.1, 0.15) is 17.4 Å². The van der Waals surface area contributed by atoms with Crippen molar-refractivity contribution in [3.63, 3.8) is 0 Å². The Morgan fingerprint density at radius 2 is 1.95 bits per heavy atom. The first-order chi connectivity index (χ1) is 9.36. The molecule has 0 aliphatic rings. The molecule has 1 aromatic carbocycles. The lowest BCUT2D eigenvalue weighted by Crippen LogP contribution is -2.23. The average molecular weight is 284 g/mol. The summed E-state index contributed by atoms with van der Waals surface area (Å²) in [4.78, 5) is 21.9. The van der Waals surface area contributed by atoms with E-state index in [9.17, 15) is 24.9 Å². The highest BCUT2D eigenvalue weighted by atomic mass is 16.5. The number of carboxylic acid groups (broad SMARTS) is 1. The molecule has 0 bridgehead atoms. The lowest BCUT2D eigenvalue weighted by atomic mass is 10.00. The first-order valence-corrected chi connectivity index (χ1v) is 5.94. The predicted molar refractivity (Wildman–Crippen MR) is 67.3 cm³/mol. The van der Waals surface area contributed by atoms with Crippen LogP contribution < -0.4 is 0 Å². The highest BCUT2D eigenvalue weighted by Gasteiger charge is 2.23. The summed E-state index contributed by atoms with van der Waals surface area (Å²) < 4.78 is 4.64. The zero-order valence-corrected chi connectivity index (χ0v) is 10.8. The lowest BCUT2D eigenvalue weighted by molar-refractivity contribution is -0.147. The highest BCUT2D eigenvalue weighted by molar-refractivity contribution is 5.90. The van der Waals surface area contributed by atoms with Crippen LogP contribution in [0.15, 0.2) is 18.2 Å². The van der Waals surface area contributed by atoms with E-state index in [0.29, 0.717) is 0 Å². The molecule has 0 aliphatic carbocycles. The van der Waals surface area contributed by atoms with Gasteiger partial charge < -0.3 is 25.2 Å². The summed E-state index contributed by atoms with van der Waals surface area (Å²) in [5.41, 5.74) is -0.217. The van der Waals surface area contributed by atoms with Crippen molar-refractivity contribution in [2.75, 3.05) is 6.61 Å². The third-order valence-electron chi connectivity index (χ3n) is 2.64. The molecular formula is C13H16O7. The van der Waals surface area contributed by atoms with Crippen molar-refractivity contribution in [3.8, 4) is 5.75 Å². The molecule has 0 saturated carbocycles. The van der Waals surface area contributed by atoms with Gasteiger partial charge in [-0.05, 0) is 24.6 Å². The molecule has 110 valence electrons. The maximum atomic E-state index is 11.2. The van der Waals surface area contributed by atoms with Crippen molar-refractivity contribution in [2.24, 2.45) is 0 Å². The minimum Gasteiger partial charge on any atom is -0.507 e. The van der Waals surface area contributed by atoms with E-state index in [-0.39, 0.29) is 17.7 Å². The van der Waals surface area contributed by atoms with E-state index in [0.717, 1.165) is 12.1 Å². The molecule has 2 unspecified atom stereocenters. The van der Waals surface area contributed by atoms with Crippen molar-refractivity contribution < 1.29 is 34.8 Å². The topological polar surface area (TPSA) is 124 Å². The van der Waals surface area contributed by atoms with Crippen LogP contribution in [0.2, 0.25) is 0 Å². The van der Waals surface area contributed by atoms with Crippen LogP contribution >= 0.6 is 0 Å². The van der Waals surface area contributed by atoms with Crippen molar-refractivity contribution in [1.82, 2.24) is 0 Å². The Labute approximate surface area is 115 Å². The first-order valence-electron chi connectivity index (χ1n) is 5.94. The van der Waals surface area contributed by atoms with Crippen LogP contribution in [0.5, 0.6) is 5.75 Å². The van der Waals surface area contributed by atoms with E-state index >= 15 is 0 Å². The van der Waals surface area contributed by atoms with Crippen LogP contribution in [0.25, 0.3) is 0 Å². The fraction of sp³-hybridized carbons (Fsp3) is 0.385. The smallest absolute Gasteiger partial charge is 0.339 e. The van der Waals surface area contributed by atoms with Gasteiger partial charge in [0.05, 0.1) is 19.1 Å². The minimum absolute atomic E-state index is 0.101. The molecule has 0 heterocycles. The summed E-state index contributed by atoms with van der Waals surface area (Å²) in [5, 5.41) is 37.8. The fourth-order valence-corrected chi connectivity index (χ4v) is 1.64. The molecule has 0 saturated heterocycles. The first kappa shape index (κ1) is 15.9. The number of carbonyl (C=O) groups is 2. The number of carboxylic acids is 1. The Balaban J connectivity index is 2.81. The van der Waals surface area contributed by atoms with Crippen LogP contribution in [0, 0.1) is 0 Å². The maximum absolute atomic E-state index is 11.2. The van der Waals surface area contributed by atoms with E-state index in [4.69, 9.17) is 5.11 Å². The number of phenols is 1. The van der Waals surface area contributed by atoms with Gasteiger partial charge in [0.15, 0.2) is 0 Å². The lowest BCUT2D eigenvalue weighted by Gasteiger charge is -2.18. The van der Waals surface area contributed by atoms with Gasteiger partial charge >= 0.3 is 11.9 Å². The van der Waals surface area contributed by atoms with Gasteiger partial charge in [-0.2, -0.15) is 0 Å². The number of ether oxygens (including phenoxy) is 1. The number of aliphatic hydroxyl groups is 2. The summed E-state index contributed by atoms with van der Waals surface area (Å²) in [6, 6.07) is 3.39. The number of benzene rings is 1. The molecule has 0 aromatic heterocycles. The molecule has 0 aliphatic heterocycles. The Hall–Kier alpha value is -2.12. The number of carbonyl (C=O) groups excluding carboxylic acids is 1. The SMILES string of the molecule is CCOC(=O)CC(O)C(O)c1ccc(C(=O)O)c(O)c1. The Morgan fingerprint density at radius 1 is 1.30 bits per heavy atom. The monoisotopic (exact) mass is 284 g/mol. The second kappa shape index (κ2) is 6.88. The van der Waals surface area contributed by atoms with E-state index in [1.807, 2.05) is 0 Å². The van der Waals surface area contributed by atoms with Crippen molar-refractivity contribution in [1.29, 1.82) is 0 Å². The van der Waals surface area contributed by atoms with Crippen LogP contribution in [0.4, 0.5) is 0 Å². The van der Waals surface area contributed by atoms with E-state index in [2.05, 4.69) is 4.74 Å². The van der Waals surface area contributed by atoms with Gasteiger partial charge in [-0.15, -0.1) is 0 Å². The van der Waals surface area contributed by atoms with E-state index in [1.165, 1.54) is 6.07 Å². The number of hydrogen-bond acceptors (Lipinski definition) is 6. The number of aromatic hydroxyl groups is 1. The molecule has 0 radical (unpaired) electrons. The fourth-order valence-electron chi connectivity index (χ4n) is 1.64. The molecule has 7 heteroatoms. The minimum atomic E-state index is -1.44. The van der Waals surface area contributed by atoms with Crippen molar-refractivity contribution in [2.45, 2.75) is 25.6 Å². The molecule has 1 rings (SSSR count). The zero-order chi connectivity index (χ0) is 15.3. The molecule has 0 amide bonds. The van der Waals surface area contributed by atoms with Crippen molar-refractivity contribution in [3.05, 3.63) is 29.3 Å². The number of aromatic carboxylic acids is 1. The molecule has 20 heavy (non-hydrogen) atoms. The van der Waals surface area contributed by atoms with Gasteiger partial charge in [0.25, 0.3) is 0 Å². The van der Waals surface area contributed by atoms with Gasteiger partial charge in [-0.3, -0.25) is 4.79 Å². The van der Waals surface area contributed by atoms with Gasteiger partial charge in [0, 0.05) is 0 Å². The summed E-state index contributed by atoms with van der Waals surface area (Å²) >= 11 is 0. The van der Waals surface area contributed by atoms with Crippen LogP contribution in [-0.2, 0) is 9.53 Å². The molecule has 2 atom stereocenters. The van der Waals surface area contributed by atoms with Gasteiger partial charge in [0.2, 0.25) is 0 Å². The highest BCUT2D eigenvalue weighted by Crippen LogP contribution is 2.25. The predicted octanol–water partition coefficient (Wildman–Crippen LogP) is 0.438. The van der Waals surface area contributed by atoms with Crippen molar-refractivity contribution >= 4 is 11.9 Å². The van der Waals surface area contributed by atoms with Gasteiger partial charge in [-0.1, -0.05) is 6.07 Å². The molecule has 7 nitrogen and oxygen atoms in total. The van der Waals surface area contributed by atoms with E-state index < -0.39 is 36.3 Å². The third-order valence-corrected chi connectivity index (χ3v) is 2.64. The van der Waals surface area contributed by atoms with Crippen LogP contribution in [0.3, 0.4) is 0 Å². The summed E-state index contributed by atoms with van der Waals surface area (Å²) in [6.45, 7) is 1.78. The zero-order valence-electron chi connectivity index (χ0n) is 10.8. The normalized spacial score (nSPS) is 13.6. The quantitative estimate of drug-likeness (QED) is 0.558. The maximum Gasteiger partial charge on any atom is 0.339 e. The van der Waals surface area contributed by atoms with E-state index in [1.54, 1.807) is 6.92 Å². The van der Waals surface area contributed by atoms with Gasteiger partial charge in [-0.25, -0.2) is 4.79 Å².